The fourth-order valence-electron chi connectivity index (χ4n) is 3.10. The molecule has 1 N–H and O–H groups in total. The van der Waals surface area contributed by atoms with Crippen molar-refractivity contribution in [1.82, 2.24) is 15.0 Å². The van der Waals surface area contributed by atoms with Crippen molar-refractivity contribution in [3.05, 3.63) is 42.0 Å². The minimum Gasteiger partial charge on any atom is -0.505 e. The Morgan fingerprint density at radius 2 is 1.76 bits per heavy atom. The highest BCUT2D eigenvalue weighted by atomic mass is 16.5. The fraction of sp³-hybridized carbons (Fsp3) is 0.409. The van der Waals surface area contributed by atoms with E-state index in [0.29, 0.717) is 34.6 Å². The summed E-state index contributed by atoms with van der Waals surface area (Å²) in [6.07, 6.45) is 7.20. The maximum Gasteiger partial charge on any atom is 0.337 e. The number of nitrogens with zero attached hydrogens (tertiary/aromatic N) is 3. The number of methoxy groups -OCH3 is 1. The molecule has 0 spiro atoms. The predicted molar refractivity (Wildman–Crippen MR) is 111 cm³/mol. The van der Waals surface area contributed by atoms with Crippen LogP contribution in [0.1, 0.15) is 55.8 Å². The molecule has 0 saturated carbocycles. The number of benzene rings is 2. The number of esters is 1. The topological polar surface area (TPSA) is 86.5 Å². The van der Waals surface area contributed by atoms with E-state index in [0.717, 1.165) is 12.8 Å². The molecule has 2 aromatic carbocycles. The summed E-state index contributed by atoms with van der Waals surface area (Å²) in [5, 5.41) is 19.1. The second-order valence-corrected chi connectivity index (χ2v) is 6.95. The molecule has 1 aromatic heterocycles. The maximum atomic E-state index is 11.7. The molecule has 7 nitrogen and oxygen atoms in total. The van der Waals surface area contributed by atoms with Crippen LogP contribution in [0, 0.1) is 0 Å². The molecule has 3 aromatic rings. The van der Waals surface area contributed by atoms with Crippen LogP contribution < -0.4 is 4.74 Å². The fourth-order valence-corrected chi connectivity index (χ4v) is 3.10. The lowest BCUT2D eigenvalue weighted by molar-refractivity contribution is 0.0601. The highest BCUT2D eigenvalue weighted by Gasteiger charge is 2.13. The zero-order valence-corrected chi connectivity index (χ0v) is 16.9. The Bertz CT molecular complexity index is 968. The summed E-state index contributed by atoms with van der Waals surface area (Å²) in [6, 6.07) is 10.0. The number of ether oxygens (including phenoxy) is 2. The quantitative estimate of drug-likeness (QED) is 0.396. The summed E-state index contributed by atoms with van der Waals surface area (Å²) < 4.78 is 10.5. The van der Waals surface area contributed by atoms with Crippen molar-refractivity contribution in [1.29, 1.82) is 0 Å². The van der Waals surface area contributed by atoms with Gasteiger partial charge in [0.15, 0.2) is 0 Å². The van der Waals surface area contributed by atoms with Gasteiger partial charge >= 0.3 is 5.97 Å². The SMILES string of the molecule is CCCCCCCCOc1ccc(-n2nc3ccc(C(=O)OC)cc3n2)c(O)c1. The van der Waals surface area contributed by atoms with Gasteiger partial charge in [0.05, 0.1) is 19.3 Å². The zero-order valence-electron chi connectivity index (χ0n) is 16.9. The third kappa shape index (κ3) is 5.25. The zero-order chi connectivity index (χ0) is 20.6. The monoisotopic (exact) mass is 397 g/mol. The van der Waals surface area contributed by atoms with E-state index >= 15 is 0 Å². The van der Waals surface area contributed by atoms with Crippen LogP contribution in [0.5, 0.6) is 11.5 Å². The first-order chi connectivity index (χ1) is 14.1. The first-order valence-electron chi connectivity index (χ1n) is 10.0. The van der Waals surface area contributed by atoms with Crippen LogP contribution in [-0.2, 0) is 4.74 Å². The van der Waals surface area contributed by atoms with Gasteiger partial charge in [-0.3, -0.25) is 0 Å². The molecule has 0 bridgehead atoms. The number of phenols is 1. The van der Waals surface area contributed by atoms with Crippen LogP contribution in [-0.4, -0.2) is 39.8 Å². The van der Waals surface area contributed by atoms with Gasteiger partial charge in [-0.2, -0.15) is 0 Å². The summed E-state index contributed by atoms with van der Waals surface area (Å²) in [5.74, 6) is 0.208. The van der Waals surface area contributed by atoms with Gasteiger partial charge in [0.2, 0.25) is 0 Å². The molecule has 0 aliphatic heterocycles. The number of carbonyl (C=O) groups excluding carboxylic acids is 1. The van der Waals surface area contributed by atoms with Gasteiger partial charge in [-0.1, -0.05) is 39.0 Å². The number of carbonyl (C=O) groups is 1. The minimum atomic E-state index is -0.434. The molecule has 0 aliphatic rings. The van der Waals surface area contributed by atoms with Gasteiger partial charge in [0.1, 0.15) is 28.2 Å². The van der Waals surface area contributed by atoms with Gasteiger partial charge in [-0.15, -0.1) is 15.0 Å². The largest absolute Gasteiger partial charge is 0.505 e. The van der Waals surface area contributed by atoms with Crippen molar-refractivity contribution in [2.45, 2.75) is 45.4 Å². The second-order valence-electron chi connectivity index (χ2n) is 6.95. The van der Waals surface area contributed by atoms with E-state index in [4.69, 9.17) is 9.47 Å². The van der Waals surface area contributed by atoms with Crippen molar-refractivity contribution in [3.63, 3.8) is 0 Å². The number of aromatic nitrogens is 3. The number of hydrogen-bond donors (Lipinski definition) is 1. The van der Waals surface area contributed by atoms with Crippen LogP contribution in [0.3, 0.4) is 0 Å². The molecule has 3 rings (SSSR count). The van der Waals surface area contributed by atoms with Crippen molar-refractivity contribution in [2.75, 3.05) is 13.7 Å². The summed E-state index contributed by atoms with van der Waals surface area (Å²) in [5.41, 5.74) is 1.98. The summed E-state index contributed by atoms with van der Waals surface area (Å²) in [6.45, 7) is 2.84. The number of phenolic OH excluding ortho intramolecular Hbond substituents is 1. The van der Waals surface area contributed by atoms with Gasteiger partial charge < -0.3 is 14.6 Å². The van der Waals surface area contributed by atoms with Crippen LogP contribution in [0.2, 0.25) is 0 Å². The third-order valence-electron chi connectivity index (χ3n) is 4.73. The Kier molecular flexibility index (Phi) is 7.05. The van der Waals surface area contributed by atoms with Gasteiger partial charge in [0, 0.05) is 6.07 Å². The average molecular weight is 397 g/mol. The van der Waals surface area contributed by atoms with Crippen molar-refractivity contribution < 1.29 is 19.4 Å². The Balaban J connectivity index is 1.64. The van der Waals surface area contributed by atoms with Gasteiger partial charge in [0.25, 0.3) is 0 Å². The van der Waals surface area contributed by atoms with Crippen molar-refractivity contribution >= 4 is 17.0 Å². The first-order valence-corrected chi connectivity index (χ1v) is 10.0. The minimum absolute atomic E-state index is 0.0268. The second kappa shape index (κ2) is 9.91. The maximum absolute atomic E-state index is 11.7. The van der Waals surface area contributed by atoms with Crippen molar-refractivity contribution in [3.8, 4) is 17.2 Å². The van der Waals surface area contributed by atoms with E-state index < -0.39 is 5.97 Å². The standard InChI is InChI=1S/C22H27N3O4/c1-3-4-5-6-7-8-13-29-17-10-12-20(21(26)15-17)25-23-18-11-9-16(22(27)28-2)14-19(18)24-25/h9-12,14-15,26H,3-8,13H2,1-2H3. The van der Waals surface area contributed by atoms with E-state index in [1.807, 2.05) is 0 Å². The molecule has 0 unspecified atom stereocenters. The molecule has 0 fully saturated rings. The first kappa shape index (κ1) is 20.6. The Morgan fingerprint density at radius 1 is 1.00 bits per heavy atom. The number of rotatable bonds is 10. The Labute approximate surface area is 170 Å². The van der Waals surface area contributed by atoms with E-state index in [2.05, 4.69) is 17.1 Å². The molecule has 0 atom stereocenters. The van der Waals surface area contributed by atoms with Crippen LogP contribution in [0.15, 0.2) is 36.4 Å². The number of fused-ring (bicyclic) bond motifs is 1. The van der Waals surface area contributed by atoms with Crippen molar-refractivity contribution in [2.24, 2.45) is 0 Å². The summed E-state index contributed by atoms with van der Waals surface area (Å²) in [7, 11) is 1.33. The molecule has 0 amide bonds. The summed E-state index contributed by atoms with van der Waals surface area (Å²) >= 11 is 0. The van der Waals surface area contributed by atoms with Gasteiger partial charge in [-0.05, 0) is 36.8 Å². The molecule has 0 radical (unpaired) electrons. The molecular formula is C22H27N3O4. The van der Waals surface area contributed by atoms with Crippen LogP contribution in [0.4, 0.5) is 0 Å². The Hall–Kier alpha value is -3.09. The lowest BCUT2D eigenvalue weighted by atomic mass is 10.1. The predicted octanol–water partition coefficient (Wildman–Crippen LogP) is 4.65. The third-order valence-corrected chi connectivity index (χ3v) is 4.73. The molecule has 154 valence electrons. The molecule has 0 aliphatic carbocycles. The highest BCUT2D eigenvalue weighted by Crippen LogP contribution is 2.27. The summed E-state index contributed by atoms with van der Waals surface area (Å²) in [4.78, 5) is 13.0. The van der Waals surface area contributed by atoms with Gasteiger partial charge in [-0.25, -0.2) is 4.79 Å². The lowest BCUT2D eigenvalue weighted by Gasteiger charge is -2.08. The number of aromatic hydroxyl groups is 1. The van der Waals surface area contributed by atoms with E-state index in [1.54, 1.807) is 36.4 Å². The highest BCUT2D eigenvalue weighted by molar-refractivity contribution is 5.93. The molecule has 7 heteroatoms. The number of unbranched alkanes of at least 4 members (excludes halogenated alkanes) is 5. The molecule has 1 heterocycles. The molecular weight excluding hydrogens is 370 g/mol. The molecule has 0 saturated heterocycles. The van der Waals surface area contributed by atoms with Crippen LogP contribution >= 0.6 is 0 Å². The van der Waals surface area contributed by atoms with Crippen LogP contribution in [0.25, 0.3) is 16.7 Å². The molecule has 29 heavy (non-hydrogen) atoms. The van der Waals surface area contributed by atoms with E-state index in [9.17, 15) is 9.90 Å². The smallest absolute Gasteiger partial charge is 0.337 e. The van der Waals surface area contributed by atoms with E-state index in [-0.39, 0.29) is 5.75 Å². The normalized spacial score (nSPS) is 11.0. The average Bonchev–Trinajstić information content (AvgIpc) is 3.15. The lowest BCUT2D eigenvalue weighted by Crippen LogP contribution is -2.01. The Morgan fingerprint density at radius 3 is 2.52 bits per heavy atom. The number of hydrogen-bond acceptors (Lipinski definition) is 6. The van der Waals surface area contributed by atoms with E-state index in [1.165, 1.54) is 37.6 Å².